The highest BCUT2D eigenvalue weighted by molar-refractivity contribution is 6.02. The Morgan fingerprint density at radius 2 is 1.71 bits per heavy atom. The van der Waals surface area contributed by atoms with Crippen molar-refractivity contribution < 1.29 is 37.8 Å². The van der Waals surface area contributed by atoms with Gasteiger partial charge in [-0.2, -0.15) is 13.2 Å². The van der Waals surface area contributed by atoms with Gasteiger partial charge in [0.05, 0.1) is 11.3 Å². The van der Waals surface area contributed by atoms with Crippen LogP contribution in [0.15, 0.2) is 42.5 Å². The van der Waals surface area contributed by atoms with Gasteiger partial charge in [0.1, 0.15) is 0 Å². The van der Waals surface area contributed by atoms with Crippen LogP contribution in [-0.4, -0.2) is 47.3 Å². The summed E-state index contributed by atoms with van der Waals surface area (Å²) in [6.07, 6.45) is -1.19. The van der Waals surface area contributed by atoms with Crippen molar-refractivity contribution in [2.75, 3.05) is 23.3 Å². The van der Waals surface area contributed by atoms with Crippen molar-refractivity contribution in [1.82, 2.24) is 0 Å². The van der Waals surface area contributed by atoms with E-state index in [0.29, 0.717) is 11.6 Å². The number of halogens is 3. The number of nitrogens with zero attached hydrogens (tertiary/aromatic N) is 1. The van der Waals surface area contributed by atoms with Gasteiger partial charge in [-0.25, -0.2) is 9.59 Å². The number of aromatic carboxylic acids is 1. The Morgan fingerprint density at radius 3 is 2.26 bits per heavy atom. The van der Waals surface area contributed by atoms with E-state index in [-0.39, 0.29) is 17.4 Å². The number of alkyl halides is 3. The first-order valence-corrected chi connectivity index (χ1v) is 11.3. The molecule has 35 heavy (non-hydrogen) atoms. The highest BCUT2D eigenvalue weighted by Crippen LogP contribution is 2.34. The van der Waals surface area contributed by atoms with Crippen LogP contribution in [0.1, 0.15) is 53.1 Å². The van der Waals surface area contributed by atoms with E-state index in [0.717, 1.165) is 44.5 Å². The molecule has 1 amide bonds. The van der Waals surface area contributed by atoms with Crippen molar-refractivity contribution in [2.24, 2.45) is 5.92 Å². The minimum atomic E-state index is -5.08. The second-order valence-electron chi connectivity index (χ2n) is 8.80. The highest BCUT2D eigenvalue weighted by Gasteiger charge is 2.38. The largest absolute Gasteiger partial charge is 0.490 e. The number of aliphatic carboxylic acids is 1. The minimum absolute atomic E-state index is 0.0231. The Bertz CT molecular complexity index is 1100. The topological polar surface area (TPSA) is 107 Å². The number of carbonyl (C=O) groups is 3. The Kier molecular flexibility index (Phi) is 8.03. The molecule has 1 aliphatic heterocycles. The molecule has 1 saturated heterocycles. The summed E-state index contributed by atoms with van der Waals surface area (Å²) in [5.74, 6) is -3.36. The quantitative estimate of drug-likeness (QED) is 0.539. The minimum Gasteiger partial charge on any atom is -0.478 e. The van der Waals surface area contributed by atoms with E-state index in [1.807, 2.05) is 6.07 Å². The predicted octanol–water partition coefficient (Wildman–Crippen LogP) is 5.06. The maximum atomic E-state index is 12.2. The van der Waals surface area contributed by atoms with E-state index in [1.54, 1.807) is 12.1 Å². The zero-order valence-electron chi connectivity index (χ0n) is 19.1. The first-order valence-electron chi connectivity index (χ1n) is 11.3. The number of hydrogen-bond donors (Lipinski definition) is 3. The van der Waals surface area contributed by atoms with Crippen molar-refractivity contribution in [3.8, 4) is 0 Å². The molecule has 1 saturated carbocycles. The molecule has 0 spiro atoms. The molecule has 4 rings (SSSR count). The van der Waals surface area contributed by atoms with Gasteiger partial charge in [-0.05, 0) is 49.9 Å². The molecule has 0 bridgehead atoms. The Hall–Kier alpha value is -3.56. The predicted molar refractivity (Wildman–Crippen MR) is 124 cm³/mol. The van der Waals surface area contributed by atoms with Gasteiger partial charge in [-0.3, -0.25) is 4.79 Å². The maximum Gasteiger partial charge on any atom is 0.490 e. The van der Waals surface area contributed by atoms with Crippen LogP contribution in [0.5, 0.6) is 0 Å². The van der Waals surface area contributed by atoms with Gasteiger partial charge < -0.3 is 20.4 Å². The lowest BCUT2D eigenvalue weighted by Crippen LogP contribution is -2.28. The molecule has 2 fully saturated rings. The van der Waals surface area contributed by atoms with Crippen LogP contribution < -0.4 is 10.2 Å². The molecule has 1 atom stereocenters. The Labute approximate surface area is 200 Å². The lowest BCUT2D eigenvalue weighted by atomic mass is 9.85. The number of carboxylic acids is 2. The standard InChI is InChI=1S/C23H26N2O3.C2HF3O2/c1-15-4-2-7-17(12-15)18-10-11-25(14-18)19-8-9-21(20(13-19)23(27)28)24-22(26)16-5-3-6-16;3-2(4,5)1(6)7/h2,4,7-9,12-13,16,18H,3,5-6,10-11,14H2,1H3,(H,24,26)(H,27,28);(H,6,7). The second-order valence-corrected chi connectivity index (χ2v) is 8.80. The summed E-state index contributed by atoms with van der Waals surface area (Å²) in [4.78, 5) is 35.1. The van der Waals surface area contributed by atoms with E-state index < -0.39 is 18.1 Å². The van der Waals surface area contributed by atoms with Gasteiger partial charge in [0.25, 0.3) is 0 Å². The number of carbonyl (C=O) groups excluding carboxylic acids is 1. The van der Waals surface area contributed by atoms with Crippen LogP contribution >= 0.6 is 0 Å². The normalized spacial score (nSPS) is 17.7. The number of rotatable bonds is 5. The van der Waals surface area contributed by atoms with Crippen molar-refractivity contribution in [3.05, 3.63) is 59.2 Å². The summed E-state index contributed by atoms with van der Waals surface area (Å²) in [5.41, 5.74) is 4.04. The van der Waals surface area contributed by atoms with E-state index in [2.05, 4.69) is 41.4 Å². The summed E-state index contributed by atoms with van der Waals surface area (Å²) in [7, 11) is 0. The zero-order chi connectivity index (χ0) is 25.8. The third-order valence-electron chi connectivity index (χ3n) is 6.28. The first-order chi connectivity index (χ1) is 16.5. The Balaban J connectivity index is 0.000000429. The summed E-state index contributed by atoms with van der Waals surface area (Å²) < 4.78 is 31.7. The number of nitrogens with one attached hydrogen (secondary N) is 1. The zero-order valence-corrected chi connectivity index (χ0v) is 19.1. The molecule has 188 valence electrons. The molecule has 2 aromatic carbocycles. The van der Waals surface area contributed by atoms with Crippen molar-refractivity contribution in [2.45, 2.75) is 44.7 Å². The van der Waals surface area contributed by atoms with Gasteiger partial charge in [0.15, 0.2) is 0 Å². The fourth-order valence-electron chi connectivity index (χ4n) is 4.11. The first kappa shape index (κ1) is 26.1. The summed E-state index contributed by atoms with van der Waals surface area (Å²) >= 11 is 0. The fourth-order valence-corrected chi connectivity index (χ4v) is 4.11. The van der Waals surface area contributed by atoms with Crippen LogP contribution in [0, 0.1) is 12.8 Å². The molecule has 7 nitrogen and oxygen atoms in total. The average Bonchev–Trinajstić information content (AvgIpc) is 3.22. The van der Waals surface area contributed by atoms with Crippen molar-refractivity contribution in [3.63, 3.8) is 0 Å². The fraction of sp³-hybridized carbons (Fsp3) is 0.400. The third kappa shape index (κ3) is 6.74. The van der Waals surface area contributed by atoms with E-state index in [1.165, 1.54) is 11.1 Å². The summed E-state index contributed by atoms with van der Waals surface area (Å²) in [6.45, 7) is 3.87. The highest BCUT2D eigenvalue weighted by atomic mass is 19.4. The molecule has 2 aromatic rings. The molecular formula is C25H27F3N2O5. The maximum absolute atomic E-state index is 12.2. The number of benzene rings is 2. The summed E-state index contributed by atoms with van der Waals surface area (Å²) in [6, 6.07) is 13.9. The van der Waals surface area contributed by atoms with Gasteiger partial charge in [0.2, 0.25) is 5.91 Å². The van der Waals surface area contributed by atoms with Crippen LogP contribution in [0.4, 0.5) is 24.5 Å². The van der Waals surface area contributed by atoms with Crippen LogP contribution in [-0.2, 0) is 9.59 Å². The number of amides is 1. The molecule has 2 aliphatic rings. The van der Waals surface area contributed by atoms with E-state index in [4.69, 9.17) is 9.90 Å². The molecule has 0 radical (unpaired) electrons. The van der Waals surface area contributed by atoms with Crippen molar-refractivity contribution in [1.29, 1.82) is 0 Å². The lowest BCUT2D eigenvalue weighted by molar-refractivity contribution is -0.192. The third-order valence-corrected chi connectivity index (χ3v) is 6.28. The van der Waals surface area contributed by atoms with Gasteiger partial charge >= 0.3 is 18.1 Å². The van der Waals surface area contributed by atoms with Crippen LogP contribution in [0.3, 0.4) is 0 Å². The smallest absolute Gasteiger partial charge is 0.478 e. The molecular weight excluding hydrogens is 465 g/mol. The number of anilines is 2. The second kappa shape index (κ2) is 10.8. The lowest BCUT2D eigenvalue weighted by Gasteiger charge is -2.25. The van der Waals surface area contributed by atoms with Crippen LogP contribution in [0.25, 0.3) is 0 Å². The van der Waals surface area contributed by atoms with E-state index >= 15 is 0 Å². The van der Waals surface area contributed by atoms with Gasteiger partial charge in [0, 0.05) is 30.6 Å². The van der Waals surface area contributed by atoms with Crippen LogP contribution in [0.2, 0.25) is 0 Å². The van der Waals surface area contributed by atoms with Crippen molar-refractivity contribution >= 4 is 29.2 Å². The summed E-state index contributed by atoms with van der Waals surface area (Å²) in [5, 5.41) is 19.6. The average molecular weight is 492 g/mol. The Morgan fingerprint density at radius 1 is 1.03 bits per heavy atom. The van der Waals surface area contributed by atoms with E-state index in [9.17, 15) is 27.9 Å². The monoisotopic (exact) mass is 492 g/mol. The number of carboxylic acid groups (broad SMARTS) is 2. The molecule has 10 heteroatoms. The molecule has 3 N–H and O–H groups in total. The molecule has 1 unspecified atom stereocenters. The molecule has 0 aromatic heterocycles. The molecule has 1 aliphatic carbocycles. The van der Waals surface area contributed by atoms with Gasteiger partial charge in [-0.15, -0.1) is 0 Å². The van der Waals surface area contributed by atoms with Gasteiger partial charge in [-0.1, -0.05) is 36.2 Å². The number of aryl methyl sites for hydroxylation is 1. The molecule has 1 heterocycles. The number of hydrogen-bond acceptors (Lipinski definition) is 4. The SMILES string of the molecule is Cc1cccc(C2CCN(c3ccc(NC(=O)C4CCC4)c(C(=O)O)c3)C2)c1.O=C(O)C(F)(F)F.